The molecule has 3 nitrogen and oxygen atoms in total. The maximum atomic E-state index is 13.6. The van der Waals surface area contributed by atoms with Crippen molar-refractivity contribution in [3.63, 3.8) is 0 Å². The molecular formula is C24H21IO3S. The first kappa shape index (κ1) is 20.2. The van der Waals surface area contributed by atoms with E-state index in [-0.39, 0.29) is 0 Å². The quantitative estimate of drug-likeness (QED) is 0.314. The summed E-state index contributed by atoms with van der Waals surface area (Å²) in [6, 6.07) is 26.4. The van der Waals surface area contributed by atoms with Crippen molar-refractivity contribution < 1.29 is 13.2 Å². The second-order valence-corrected chi connectivity index (χ2v) is 9.94. The lowest BCUT2D eigenvalue weighted by Crippen LogP contribution is -2.28. The van der Waals surface area contributed by atoms with Gasteiger partial charge in [0.15, 0.2) is 0 Å². The molecule has 0 saturated carbocycles. The summed E-state index contributed by atoms with van der Waals surface area (Å²) in [5, 5.41) is 0. The molecule has 0 bridgehead atoms. The molecule has 0 amide bonds. The smallest absolute Gasteiger partial charge is 0.206 e. The lowest BCUT2D eigenvalue weighted by Gasteiger charge is -2.28. The van der Waals surface area contributed by atoms with Crippen LogP contribution in [0.3, 0.4) is 0 Å². The molecule has 3 aromatic rings. The Labute approximate surface area is 185 Å². The molecule has 1 atom stereocenters. The molecule has 1 aliphatic heterocycles. The van der Waals surface area contributed by atoms with Crippen molar-refractivity contribution in [2.45, 2.75) is 23.8 Å². The largest absolute Gasteiger partial charge is 0.480 e. The Kier molecular flexibility index (Phi) is 5.53. The van der Waals surface area contributed by atoms with Crippen molar-refractivity contribution in [1.82, 2.24) is 0 Å². The summed E-state index contributed by atoms with van der Waals surface area (Å²) in [6.45, 7) is 1.94. The molecule has 1 aliphatic rings. The van der Waals surface area contributed by atoms with Crippen molar-refractivity contribution in [2.75, 3.05) is 4.43 Å². The van der Waals surface area contributed by atoms with Crippen LogP contribution in [-0.2, 0) is 20.2 Å². The SMILES string of the molecule is Cc1ccc(S(=O)(=O)C2=C(c3ccccc3)OC(CI)(c3ccccc3)C2)cc1. The van der Waals surface area contributed by atoms with Crippen LogP contribution in [0.2, 0.25) is 0 Å². The van der Waals surface area contributed by atoms with Gasteiger partial charge in [0, 0.05) is 16.4 Å². The molecule has 1 unspecified atom stereocenters. The highest BCUT2D eigenvalue weighted by atomic mass is 127. The zero-order valence-electron chi connectivity index (χ0n) is 16.0. The van der Waals surface area contributed by atoms with E-state index in [1.54, 1.807) is 12.1 Å². The summed E-state index contributed by atoms with van der Waals surface area (Å²) in [4.78, 5) is 0.639. The van der Waals surface area contributed by atoms with Gasteiger partial charge in [0.1, 0.15) is 11.4 Å². The molecule has 0 aromatic heterocycles. The lowest BCUT2D eigenvalue weighted by molar-refractivity contribution is 0.0860. The highest BCUT2D eigenvalue weighted by molar-refractivity contribution is 14.1. The van der Waals surface area contributed by atoms with Gasteiger partial charge in [0.25, 0.3) is 0 Å². The minimum atomic E-state index is -3.69. The van der Waals surface area contributed by atoms with Crippen LogP contribution < -0.4 is 0 Å². The van der Waals surface area contributed by atoms with Gasteiger partial charge in [-0.25, -0.2) is 8.42 Å². The van der Waals surface area contributed by atoms with Crippen LogP contribution >= 0.6 is 22.6 Å². The molecule has 1 heterocycles. The topological polar surface area (TPSA) is 43.4 Å². The van der Waals surface area contributed by atoms with Crippen molar-refractivity contribution in [3.05, 3.63) is 107 Å². The van der Waals surface area contributed by atoms with Crippen LogP contribution in [0.4, 0.5) is 0 Å². The molecule has 0 radical (unpaired) electrons. The van der Waals surface area contributed by atoms with Gasteiger partial charge in [-0.3, -0.25) is 0 Å². The van der Waals surface area contributed by atoms with Gasteiger partial charge in [-0.1, -0.05) is 101 Å². The summed E-state index contributed by atoms with van der Waals surface area (Å²) < 4.78 is 34.4. The summed E-state index contributed by atoms with van der Waals surface area (Å²) in [5.41, 5.74) is 2.08. The number of sulfone groups is 1. The highest BCUT2D eigenvalue weighted by Crippen LogP contribution is 2.49. The molecular weight excluding hydrogens is 495 g/mol. The van der Waals surface area contributed by atoms with E-state index in [1.807, 2.05) is 79.7 Å². The zero-order valence-corrected chi connectivity index (χ0v) is 19.0. The van der Waals surface area contributed by atoms with Gasteiger partial charge in [0.2, 0.25) is 9.84 Å². The van der Waals surface area contributed by atoms with Gasteiger partial charge in [-0.05, 0) is 24.6 Å². The summed E-state index contributed by atoms with van der Waals surface area (Å²) in [7, 11) is -3.69. The molecule has 5 heteroatoms. The number of alkyl halides is 1. The first-order valence-electron chi connectivity index (χ1n) is 9.37. The van der Waals surface area contributed by atoms with Crippen LogP contribution in [-0.4, -0.2) is 12.8 Å². The van der Waals surface area contributed by atoms with E-state index in [2.05, 4.69) is 22.6 Å². The first-order valence-corrected chi connectivity index (χ1v) is 12.4. The van der Waals surface area contributed by atoms with E-state index in [4.69, 9.17) is 4.74 Å². The number of benzene rings is 3. The number of ether oxygens (including phenoxy) is 1. The second-order valence-electron chi connectivity index (χ2n) is 7.21. The summed E-state index contributed by atoms with van der Waals surface area (Å²) in [5.74, 6) is 0.451. The Hall–Kier alpha value is -2.12. The van der Waals surface area contributed by atoms with E-state index < -0.39 is 15.4 Å². The fourth-order valence-corrected chi connectivity index (χ4v) is 6.04. The van der Waals surface area contributed by atoms with Gasteiger partial charge in [-0.2, -0.15) is 0 Å². The fourth-order valence-electron chi connectivity index (χ4n) is 3.57. The normalized spacial score (nSPS) is 19.2. The van der Waals surface area contributed by atoms with E-state index >= 15 is 0 Å². The monoisotopic (exact) mass is 516 g/mol. The Balaban J connectivity index is 1.88. The number of halogens is 1. The van der Waals surface area contributed by atoms with E-state index in [1.165, 1.54) is 0 Å². The third-order valence-electron chi connectivity index (χ3n) is 5.20. The molecule has 148 valence electrons. The third kappa shape index (κ3) is 3.73. The van der Waals surface area contributed by atoms with Gasteiger partial charge in [0.05, 0.1) is 9.80 Å². The van der Waals surface area contributed by atoms with Crippen molar-refractivity contribution in [3.8, 4) is 0 Å². The van der Waals surface area contributed by atoms with Gasteiger partial charge in [-0.15, -0.1) is 0 Å². The zero-order chi connectivity index (χ0) is 20.5. The Bertz CT molecular complexity index is 1140. The third-order valence-corrected chi connectivity index (χ3v) is 8.31. The molecule has 29 heavy (non-hydrogen) atoms. The average Bonchev–Trinajstić information content (AvgIpc) is 3.18. The second kappa shape index (κ2) is 7.95. The minimum Gasteiger partial charge on any atom is -0.480 e. The van der Waals surface area contributed by atoms with Crippen molar-refractivity contribution in [2.24, 2.45) is 0 Å². The van der Waals surface area contributed by atoms with E-state index in [9.17, 15) is 8.42 Å². The molecule has 0 saturated heterocycles. The molecule has 4 rings (SSSR count). The molecule has 0 aliphatic carbocycles. The maximum Gasteiger partial charge on any atom is 0.206 e. The maximum absolute atomic E-state index is 13.6. The molecule has 0 spiro atoms. The number of aryl methyl sites for hydroxylation is 1. The van der Waals surface area contributed by atoms with Crippen LogP contribution in [0.5, 0.6) is 0 Å². The van der Waals surface area contributed by atoms with Crippen LogP contribution in [0.1, 0.15) is 23.1 Å². The van der Waals surface area contributed by atoms with Gasteiger partial charge >= 0.3 is 0 Å². The lowest BCUT2D eigenvalue weighted by atomic mass is 9.93. The minimum absolute atomic E-state index is 0.299. The first-order chi connectivity index (χ1) is 14.0. The fraction of sp³-hybridized carbons (Fsp3) is 0.167. The van der Waals surface area contributed by atoms with E-state index in [0.717, 1.165) is 16.7 Å². The van der Waals surface area contributed by atoms with Crippen LogP contribution in [0.25, 0.3) is 5.76 Å². The Morgan fingerprint density at radius 2 is 1.48 bits per heavy atom. The van der Waals surface area contributed by atoms with Gasteiger partial charge < -0.3 is 4.74 Å². The Morgan fingerprint density at radius 1 is 0.897 bits per heavy atom. The predicted molar refractivity (Wildman–Crippen MR) is 124 cm³/mol. The summed E-state index contributed by atoms with van der Waals surface area (Å²) >= 11 is 2.29. The van der Waals surface area contributed by atoms with Crippen molar-refractivity contribution >= 4 is 38.2 Å². The van der Waals surface area contributed by atoms with Crippen LogP contribution in [0, 0.1) is 6.92 Å². The molecule has 3 aromatic carbocycles. The highest BCUT2D eigenvalue weighted by Gasteiger charge is 2.46. The number of hydrogen-bond donors (Lipinski definition) is 0. The predicted octanol–water partition coefficient (Wildman–Crippen LogP) is 5.89. The average molecular weight is 516 g/mol. The van der Waals surface area contributed by atoms with Crippen molar-refractivity contribution in [1.29, 1.82) is 0 Å². The number of hydrogen-bond acceptors (Lipinski definition) is 3. The number of rotatable bonds is 5. The molecule has 0 fully saturated rings. The Morgan fingerprint density at radius 3 is 2.07 bits per heavy atom. The standard InChI is InChI=1S/C24H21IO3S/c1-18-12-14-21(15-13-18)29(26,27)22-16-24(17-25,20-10-6-3-7-11-20)28-23(22)19-8-4-2-5-9-19/h2-15H,16-17H2,1H3. The van der Waals surface area contributed by atoms with E-state index in [0.29, 0.717) is 26.4 Å². The summed E-state index contributed by atoms with van der Waals surface area (Å²) in [6.07, 6.45) is 0.306. The van der Waals surface area contributed by atoms with Crippen LogP contribution in [0.15, 0.2) is 94.7 Å². The molecule has 0 N–H and O–H groups in total.